The number of carboxylic acids is 1. The van der Waals surface area contributed by atoms with Gasteiger partial charge in [0.15, 0.2) is 0 Å². The SMILES string of the molecule is CCC(OC)c1noc(C2CC=CCC2C(=O)O)n1. The molecule has 0 radical (unpaired) electrons. The number of methoxy groups -OCH3 is 1. The van der Waals surface area contributed by atoms with Crippen molar-refractivity contribution < 1.29 is 19.2 Å². The van der Waals surface area contributed by atoms with E-state index in [1.807, 2.05) is 19.1 Å². The van der Waals surface area contributed by atoms with E-state index >= 15 is 0 Å². The number of rotatable bonds is 5. The summed E-state index contributed by atoms with van der Waals surface area (Å²) >= 11 is 0. The third kappa shape index (κ3) is 2.84. The van der Waals surface area contributed by atoms with Gasteiger partial charge in [0.25, 0.3) is 0 Å². The largest absolute Gasteiger partial charge is 0.481 e. The number of carboxylic acid groups (broad SMARTS) is 1. The van der Waals surface area contributed by atoms with E-state index < -0.39 is 11.9 Å². The summed E-state index contributed by atoms with van der Waals surface area (Å²) in [6, 6.07) is 0. The number of aliphatic carboxylic acids is 1. The van der Waals surface area contributed by atoms with Gasteiger partial charge in [0, 0.05) is 7.11 Å². The van der Waals surface area contributed by atoms with Gasteiger partial charge in [-0.3, -0.25) is 4.79 Å². The lowest BCUT2D eigenvalue weighted by molar-refractivity contribution is -0.142. The minimum absolute atomic E-state index is 0.208. The quantitative estimate of drug-likeness (QED) is 0.823. The summed E-state index contributed by atoms with van der Waals surface area (Å²) in [4.78, 5) is 15.6. The number of carbonyl (C=O) groups is 1. The molecule has 0 saturated carbocycles. The normalized spacial score (nSPS) is 24.3. The van der Waals surface area contributed by atoms with E-state index in [4.69, 9.17) is 9.26 Å². The second-order valence-corrected chi connectivity index (χ2v) is 4.62. The molecule has 2 rings (SSSR count). The van der Waals surface area contributed by atoms with Gasteiger partial charge in [-0.05, 0) is 19.3 Å². The van der Waals surface area contributed by atoms with Crippen molar-refractivity contribution in [1.29, 1.82) is 0 Å². The van der Waals surface area contributed by atoms with E-state index in [-0.39, 0.29) is 12.0 Å². The molecule has 1 heterocycles. The maximum Gasteiger partial charge on any atom is 0.307 e. The van der Waals surface area contributed by atoms with E-state index in [0.717, 1.165) is 6.42 Å². The van der Waals surface area contributed by atoms with Crippen molar-refractivity contribution in [2.45, 2.75) is 38.2 Å². The monoisotopic (exact) mass is 266 g/mol. The molecule has 0 saturated heterocycles. The molecule has 0 amide bonds. The molecule has 0 fully saturated rings. The second-order valence-electron chi connectivity index (χ2n) is 4.62. The van der Waals surface area contributed by atoms with Crippen LogP contribution in [-0.4, -0.2) is 28.3 Å². The highest BCUT2D eigenvalue weighted by Gasteiger charge is 2.34. The summed E-state index contributed by atoms with van der Waals surface area (Å²) in [6.07, 6.45) is 5.49. The summed E-state index contributed by atoms with van der Waals surface area (Å²) in [7, 11) is 1.59. The molecule has 19 heavy (non-hydrogen) atoms. The van der Waals surface area contributed by atoms with Crippen LogP contribution in [0.2, 0.25) is 0 Å². The van der Waals surface area contributed by atoms with E-state index in [1.165, 1.54) is 0 Å². The fraction of sp³-hybridized carbons (Fsp3) is 0.615. The van der Waals surface area contributed by atoms with Crippen LogP contribution < -0.4 is 0 Å². The van der Waals surface area contributed by atoms with Crippen molar-refractivity contribution in [3.05, 3.63) is 23.9 Å². The number of ether oxygens (including phenoxy) is 1. The molecular formula is C13H18N2O4. The number of hydrogen-bond donors (Lipinski definition) is 1. The molecule has 3 atom stereocenters. The Balaban J connectivity index is 2.21. The summed E-state index contributed by atoms with van der Waals surface area (Å²) in [5.41, 5.74) is 0. The van der Waals surface area contributed by atoms with Crippen molar-refractivity contribution in [3.63, 3.8) is 0 Å². The molecule has 1 aliphatic rings. The van der Waals surface area contributed by atoms with Crippen LogP contribution in [0, 0.1) is 5.92 Å². The van der Waals surface area contributed by atoms with E-state index in [2.05, 4.69) is 10.1 Å². The van der Waals surface area contributed by atoms with Crippen LogP contribution in [0.1, 0.15) is 49.9 Å². The summed E-state index contributed by atoms with van der Waals surface area (Å²) in [5.74, 6) is -0.701. The fourth-order valence-electron chi connectivity index (χ4n) is 2.34. The summed E-state index contributed by atoms with van der Waals surface area (Å²) < 4.78 is 10.5. The van der Waals surface area contributed by atoms with Crippen LogP contribution in [0.5, 0.6) is 0 Å². The van der Waals surface area contributed by atoms with Crippen LogP contribution in [-0.2, 0) is 9.53 Å². The zero-order valence-corrected chi connectivity index (χ0v) is 11.1. The van der Waals surface area contributed by atoms with E-state index in [1.54, 1.807) is 7.11 Å². The number of nitrogens with zero attached hydrogens (tertiary/aromatic N) is 2. The Morgan fingerprint density at radius 2 is 2.32 bits per heavy atom. The molecule has 0 aliphatic heterocycles. The Labute approximate surface area is 111 Å². The van der Waals surface area contributed by atoms with E-state index in [0.29, 0.717) is 24.6 Å². The molecule has 0 aromatic carbocycles. The summed E-state index contributed by atoms with van der Waals surface area (Å²) in [5, 5.41) is 13.1. The van der Waals surface area contributed by atoms with Crippen molar-refractivity contribution in [1.82, 2.24) is 10.1 Å². The third-order valence-electron chi connectivity index (χ3n) is 3.47. The standard InChI is InChI=1S/C13H18N2O4/c1-3-10(18-2)11-14-12(19-15-11)8-6-4-5-7-9(8)13(16)17/h4-5,8-10H,3,6-7H2,1-2H3,(H,16,17). The molecule has 1 N–H and O–H groups in total. The van der Waals surface area contributed by atoms with Crippen molar-refractivity contribution >= 4 is 5.97 Å². The van der Waals surface area contributed by atoms with Crippen molar-refractivity contribution in [2.24, 2.45) is 5.92 Å². The minimum Gasteiger partial charge on any atom is -0.481 e. The van der Waals surface area contributed by atoms with Gasteiger partial charge in [-0.2, -0.15) is 4.98 Å². The highest BCUT2D eigenvalue weighted by atomic mass is 16.5. The molecule has 3 unspecified atom stereocenters. The van der Waals surface area contributed by atoms with Gasteiger partial charge in [-0.1, -0.05) is 24.2 Å². The van der Waals surface area contributed by atoms with Crippen LogP contribution in [0.15, 0.2) is 16.7 Å². The smallest absolute Gasteiger partial charge is 0.307 e. The van der Waals surface area contributed by atoms with Crippen LogP contribution in [0.3, 0.4) is 0 Å². The Morgan fingerprint density at radius 3 is 2.95 bits per heavy atom. The predicted molar refractivity (Wildman–Crippen MR) is 66.6 cm³/mol. The van der Waals surface area contributed by atoms with E-state index in [9.17, 15) is 9.90 Å². The Kier molecular flexibility index (Phi) is 4.31. The molecule has 0 bridgehead atoms. The average molecular weight is 266 g/mol. The van der Waals surface area contributed by atoms with Gasteiger partial charge in [0.2, 0.25) is 11.7 Å². The molecule has 1 aliphatic carbocycles. The second kappa shape index (κ2) is 5.97. The summed E-state index contributed by atoms with van der Waals surface area (Å²) in [6.45, 7) is 1.97. The van der Waals surface area contributed by atoms with Crippen LogP contribution >= 0.6 is 0 Å². The fourth-order valence-corrected chi connectivity index (χ4v) is 2.34. The first kappa shape index (κ1) is 13.7. The van der Waals surface area contributed by atoms with Gasteiger partial charge in [-0.25, -0.2) is 0 Å². The first-order valence-electron chi connectivity index (χ1n) is 6.41. The Hall–Kier alpha value is -1.69. The zero-order chi connectivity index (χ0) is 13.8. The lowest BCUT2D eigenvalue weighted by atomic mass is 9.83. The molecule has 6 heteroatoms. The maximum absolute atomic E-state index is 11.2. The Morgan fingerprint density at radius 1 is 1.58 bits per heavy atom. The van der Waals surface area contributed by atoms with Crippen LogP contribution in [0.4, 0.5) is 0 Å². The highest BCUT2D eigenvalue weighted by molar-refractivity contribution is 5.71. The molecule has 1 aromatic rings. The first-order chi connectivity index (χ1) is 9.17. The zero-order valence-electron chi connectivity index (χ0n) is 11.1. The van der Waals surface area contributed by atoms with Crippen LogP contribution in [0.25, 0.3) is 0 Å². The maximum atomic E-state index is 11.2. The molecule has 6 nitrogen and oxygen atoms in total. The van der Waals surface area contributed by atoms with Gasteiger partial charge in [0.05, 0.1) is 11.8 Å². The Bertz CT molecular complexity index is 465. The van der Waals surface area contributed by atoms with Gasteiger partial charge in [0.1, 0.15) is 6.10 Å². The lowest BCUT2D eigenvalue weighted by Crippen LogP contribution is -2.23. The van der Waals surface area contributed by atoms with Gasteiger partial charge < -0.3 is 14.4 Å². The first-order valence-corrected chi connectivity index (χ1v) is 6.41. The predicted octanol–water partition coefficient (Wildman–Crippen LogP) is 2.30. The molecule has 1 aromatic heterocycles. The number of hydrogen-bond acceptors (Lipinski definition) is 5. The minimum atomic E-state index is -0.826. The van der Waals surface area contributed by atoms with Crippen molar-refractivity contribution in [3.8, 4) is 0 Å². The topological polar surface area (TPSA) is 85.5 Å². The van der Waals surface area contributed by atoms with Crippen molar-refractivity contribution in [2.75, 3.05) is 7.11 Å². The number of allylic oxidation sites excluding steroid dienone is 2. The third-order valence-corrected chi connectivity index (χ3v) is 3.47. The average Bonchev–Trinajstić information content (AvgIpc) is 2.89. The highest BCUT2D eigenvalue weighted by Crippen LogP contribution is 2.34. The van der Waals surface area contributed by atoms with Gasteiger partial charge in [-0.15, -0.1) is 0 Å². The number of aromatic nitrogens is 2. The lowest BCUT2D eigenvalue weighted by Gasteiger charge is -2.21. The molecular weight excluding hydrogens is 248 g/mol. The molecule has 0 spiro atoms. The molecule has 104 valence electrons. The van der Waals surface area contributed by atoms with Gasteiger partial charge >= 0.3 is 5.97 Å².